The van der Waals surface area contributed by atoms with Crippen LogP contribution in [0.2, 0.25) is 0 Å². The highest BCUT2D eigenvalue weighted by Gasteiger charge is 2.19. The molecule has 0 atom stereocenters. The number of carbonyl (C=O) groups is 1. The highest BCUT2D eigenvalue weighted by atomic mass is 32.1. The maximum absolute atomic E-state index is 13.2. The number of aromatic nitrogens is 3. The second kappa shape index (κ2) is 7.82. The Morgan fingerprint density at radius 3 is 2.50 bits per heavy atom. The van der Waals surface area contributed by atoms with Crippen LogP contribution >= 0.6 is 11.3 Å². The zero-order valence-corrected chi connectivity index (χ0v) is 16.6. The van der Waals surface area contributed by atoms with E-state index in [1.807, 2.05) is 79.0 Å². The molecule has 0 aliphatic rings. The van der Waals surface area contributed by atoms with Gasteiger partial charge in [0.1, 0.15) is 12.1 Å². The van der Waals surface area contributed by atoms with Crippen molar-refractivity contribution in [2.45, 2.75) is 13.1 Å². The second-order valence-corrected chi connectivity index (χ2v) is 7.54. The molecule has 0 unspecified atom stereocenters. The molecule has 0 saturated carbocycles. The van der Waals surface area contributed by atoms with Crippen molar-refractivity contribution in [2.24, 2.45) is 0 Å². The Kier molecular flexibility index (Phi) is 5.08. The summed E-state index contributed by atoms with van der Waals surface area (Å²) in [5, 5.41) is 12.4. The molecule has 6 nitrogen and oxygen atoms in total. The van der Waals surface area contributed by atoms with Crippen LogP contribution < -0.4 is 9.80 Å². The van der Waals surface area contributed by atoms with Crippen LogP contribution in [-0.2, 0) is 17.9 Å². The molecular formula is C21H21N5OS. The van der Waals surface area contributed by atoms with E-state index in [9.17, 15) is 4.79 Å². The molecule has 0 aliphatic heterocycles. The van der Waals surface area contributed by atoms with Crippen molar-refractivity contribution in [1.29, 1.82) is 0 Å². The molecule has 0 fully saturated rings. The predicted molar refractivity (Wildman–Crippen MR) is 114 cm³/mol. The topological polar surface area (TPSA) is 54.3 Å². The van der Waals surface area contributed by atoms with E-state index in [-0.39, 0.29) is 12.5 Å². The molecule has 4 rings (SSSR count). The van der Waals surface area contributed by atoms with Crippen molar-refractivity contribution in [2.75, 3.05) is 23.9 Å². The number of fused-ring (bicyclic) bond motifs is 1. The van der Waals surface area contributed by atoms with Gasteiger partial charge >= 0.3 is 0 Å². The van der Waals surface area contributed by atoms with Crippen LogP contribution in [0.15, 0.2) is 65.4 Å². The maximum atomic E-state index is 13.2. The summed E-state index contributed by atoms with van der Waals surface area (Å²) in [7, 11) is 4.00. The third kappa shape index (κ3) is 3.75. The van der Waals surface area contributed by atoms with Gasteiger partial charge in [-0.3, -0.25) is 4.79 Å². The molecule has 0 spiro atoms. The first-order valence-corrected chi connectivity index (χ1v) is 9.93. The van der Waals surface area contributed by atoms with Gasteiger partial charge in [0.05, 0.1) is 12.1 Å². The Morgan fingerprint density at radius 2 is 1.79 bits per heavy atom. The molecule has 2 heterocycles. The summed E-state index contributed by atoms with van der Waals surface area (Å²) in [6.45, 7) is 0.663. The minimum absolute atomic E-state index is 0.0283. The first-order valence-electron chi connectivity index (χ1n) is 8.99. The zero-order chi connectivity index (χ0) is 19.5. The van der Waals surface area contributed by atoms with Crippen LogP contribution in [0, 0.1) is 0 Å². The minimum Gasteiger partial charge on any atom is -0.378 e. The average molecular weight is 392 g/mol. The zero-order valence-electron chi connectivity index (χ0n) is 15.8. The Hall–Kier alpha value is -3.19. The number of carbonyl (C=O) groups excluding carboxylic acids is 1. The fraction of sp³-hybridized carbons (Fsp3) is 0.190. The van der Waals surface area contributed by atoms with E-state index in [0.29, 0.717) is 6.54 Å². The molecule has 7 heteroatoms. The Bertz CT molecular complexity index is 1070. The van der Waals surface area contributed by atoms with E-state index < -0.39 is 0 Å². The van der Waals surface area contributed by atoms with Crippen LogP contribution in [0.25, 0.3) is 11.0 Å². The smallest absolute Gasteiger partial charge is 0.249 e. The monoisotopic (exact) mass is 391 g/mol. The predicted octanol–water partition coefficient (Wildman–Crippen LogP) is 3.79. The molecular weight excluding hydrogens is 370 g/mol. The van der Waals surface area contributed by atoms with Crippen molar-refractivity contribution in [3.63, 3.8) is 0 Å². The molecule has 2 aromatic carbocycles. The molecule has 0 saturated heterocycles. The molecule has 2 aromatic heterocycles. The van der Waals surface area contributed by atoms with E-state index in [2.05, 4.69) is 15.7 Å². The van der Waals surface area contributed by atoms with Gasteiger partial charge in [-0.05, 0) is 58.8 Å². The Labute approximate surface area is 167 Å². The number of hydrogen-bond acceptors (Lipinski definition) is 5. The number of amides is 1. The highest BCUT2D eigenvalue weighted by Crippen LogP contribution is 2.23. The van der Waals surface area contributed by atoms with E-state index in [0.717, 1.165) is 28.0 Å². The summed E-state index contributed by atoms with van der Waals surface area (Å²) >= 11 is 1.63. The van der Waals surface area contributed by atoms with Crippen LogP contribution in [0.1, 0.15) is 5.56 Å². The Morgan fingerprint density at radius 1 is 1.04 bits per heavy atom. The fourth-order valence-electron chi connectivity index (χ4n) is 3.07. The largest absolute Gasteiger partial charge is 0.378 e. The van der Waals surface area contributed by atoms with Gasteiger partial charge in [-0.2, -0.15) is 11.3 Å². The number of anilines is 2. The first-order chi connectivity index (χ1) is 13.6. The summed E-state index contributed by atoms with van der Waals surface area (Å²) in [4.78, 5) is 17.1. The molecule has 142 valence electrons. The lowest BCUT2D eigenvalue weighted by Crippen LogP contribution is -2.33. The molecule has 4 aromatic rings. The van der Waals surface area contributed by atoms with Gasteiger partial charge < -0.3 is 9.80 Å². The number of para-hydroxylation sites is 1. The number of nitrogens with zero attached hydrogens (tertiary/aromatic N) is 5. The molecule has 0 aliphatic carbocycles. The van der Waals surface area contributed by atoms with Crippen molar-refractivity contribution >= 4 is 39.7 Å². The quantitative estimate of drug-likeness (QED) is 0.502. The molecule has 0 radical (unpaired) electrons. The van der Waals surface area contributed by atoms with Gasteiger partial charge in [-0.1, -0.05) is 17.3 Å². The van der Waals surface area contributed by atoms with Gasteiger partial charge in [0.25, 0.3) is 0 Å². The lowest BCUT2D eigenvalue weighted by Gasteiger charge is -2.23. The van der Waals surface area contributed by atoms with E-state index in [1.54, 1.807) is 20.9 Å². The number of benzene rings is 2. The van der Waals surface area contributed by atoms with Crippen molar-refractivity contribution in [1.82, 2.24) is 15.0 Å². The number of rotatable bonds is 6. The van der Waals surface area contributed by atoms with Gasteiger partial charge in [0, 0.05) is 25.5 Å². The van der Waals surface area contributed by atoms with Crippen molar-refractivity contribution < 1.29 is 4.79 Å². The second-order valence-electron chi connectivity index (χ2n) is 6.76. The van der Waals surface area contributed by atoms with Gasteiger partial charge in [0.2, 0.25) is 5.91 Å². The van der Waals surface area contributed by atoms with Crippen molar-refractivity contribution in [3.05, 3.63) is 70.9 Å². The average Bonchev–Trinajstić information content (AvgIpc) is 3.36. The summed E-state index contributed by atoms with van der Waals surface area (Å²) in [6.07, 6.45) is 0. The van der Waals surface area contributed by atoms with E-state index >= 15 is 0 Å². The SMILES string of the molecule is CN(C)c1ccc(N(Cc2ccsc2)C(=O)Cn2nnc3ccccc32)cc1. The van der Waals surface area contributed by atoms with Gasteiger partial charge in [-0.25, -0.2) is 4.68 Å². The van der Waals surface area contributed by atoms with Crippen LogP contribution in [0.4, 0.5) is 11.4 Å². The maximum Gasteiger partial charge on any atom is 0.249 e. The van der Waals surface area contributed by atoms with E-state index in [4.69, 9.17) is 0 Å². The molecule has 28 heavy (non-hydrogen) atoms. The number of hydrogen-bond donors (Lipinski definition) is 0. The number of thiophene rings is 1. The fourth-order valence-corrected chi connectivity index (χ4v) is 3.73. The lowest BCUT2D eigenvalue weighted by molar-refractivity contribution is -0.119. The summed E-state index contributed by atoms with van der Waals surface area (Å²) in [5.41, 5.74) is 4.71. The lowest BCUT2D eigenvalue weighted by atomic mass is 10.2. The Balaban J connectivity index is 1.63. The normalized spacial score (nSPS) is 10.9. The van der Waals surface area contributed by atoms with Gasteiger partial charge in [-0.15, -0.1) is 5.10 Å². The summed E-state index contributed by atoms with van der Waals surface area (Å²) in [6, 6.07) is 17.7. The van der Waals surface area contributed by atoms with Crippen LogP contribution in [-0.4, -0.2) is 35.0 Å². The van der Waals surface area contributed by atoms with Crippen LogP contribution in [0.3, 0.4) is 0 Å². The third-order valence-corrected chi connectivity index (χ3v) is 5.34. The molecule has 0 bridgehead atoms. The molecule has 0 N–H and O–H groups in total. The highest BCUT2D eigenvalue weighted by molar-refractivity contribution is 7.07. The first kappa shape index (κ1) is 18.2. The van der Waals surface area contributed by atoms with E-state index in [1.165, 1.54) is 0 Å². The van der Waals surface area contributed by atoms with Crippen LogP contribution in [0.5, 0.6) is 0 Å². The van der Waals surface area contributed by atoms with Gasteiger partial charge in [0.15, 0.2) is 0 Å². The third-order valence-electron chi connectivity index (χ3n) is 4.60. The molecule has 1 amide bonds. The minimum atomic E-state index is -0.0283. The standard InChI is InChI=1S/C21H21N5OS/c1-24(2)17-7-9-18(10-8-17)25(13-16-11-12-28-15-16)21(27)14-26-20-6-4-3-5-19(20)22-23-26/h3-12,15H,13-14H2,1-2H3. The van der Waals surface area contributed by atoms with Crippen molar-refractivity contribution in [3.8, 4) is 0 Å². The summed E-state index contributed by atoms with van der Waals surface area (Å²) < 4.78 is 1.66. The summed E-state index contributed by atoms with van der Waals surface area (Å²) in [5.74, 6) is -0.0283.